The molecule has 9 heteroatoms. The summed E-state index contributed by atoms with van der Waals surface area (Å²) in [5.74, 6) is 2.21. The number of aryl methyl sites for hydroxylation is 2. The number of hydrogen-bond donors (Lipinski definition) is 0. The molecule has 0 bridgehead atoms. The third kappa shape index (κ3) is 3.59. The molecule has 1 aliphatic rings. The smallest absolute Gasteiger partial charge is 0.230 e. The maximum atomic E-state index is 6.45. The fourth-order valence-corrected chi connectivity index (χ4v) is 4.97. The lowest BCUT2D eigenvalue weighted by atomic mass is 9.85. The Morgan fingerprint density at radius 2 is 1.76 bits per heavy atom. The quantitative estimate of drug-likeness (QED) is 0.321. The molecule has 0 spiro atoms. The molecule has 38 heavy (non-hydrogen) atoms. The lowest BCUT2D eigenvalue weighted by Crippen LogP contribution is -2.16. The van der Waals surface area contributed by atoms with Crippen LogP contribution in [-0.2, 0) is 6.61 Å². The zero-order chi connectivity index (χ0) is 25.6. The molecular formula is C29H23N7O2. The van der Waals surface area contributed by atoms with Crippen molar-refractivity contribution in [3.63, 3.8) is 0 Å². The van der Waals surface area contributed by atoms with Gasteiger partial charge in [-0.15, -0.1) is 5.10 Å². The van der Waals surface area contributed by atoms with Crippen LogP contribution in [0.2, 0.25) is 0 Å². The summed E-state index contributed by atoms with van der Waals surface area (Å²) in [5, 5.41) is 9.51. The lowest BCUT2D eigenvalue weighted by molar-refractivity contribution is 0.294. The first-order valence-electron chi connectivity index (χ1n) is 12.3. The van der Waals surface area contributed by atoms with E-state index in [1.807, 2.05) is 85.4 Å². The molecule has 5 heterocycles. The van der Waals surface area contributed by atoms with Gasteiger partial charge in [-0.1, -0.05) is 42.5 Å². The van der Waals surface area contributed by atoms with Gasteiger partial charge >= 0.3 is 0 Å². The van der Waals surface area contributed by atoms with Crippen molar-refractivity contribution in [2.24, 2.45) is 0 Å². The van der Waals surface area contributed by atoms with Gasteiger partial charge in [0.25, 0.3) is 0 Å². The first-order chi connectivity index (χ1) is 18.7. The molecule has 0 amide bonds. The van der Waals surface area contributed by atoms with Crippen molar-refractivity contribution in [2.75, 3.05) is 0 Å². The number of benzene rings is 2. The van der Waals surface area contributed by atoms with Gasteiger partial charge in [-0.25, -0.2) is 19.2 Å². The Labute approximate surface area is 218 Å². The predicted octanol–water partition coefficient (Wildman–Crippen LogP) is 5.19. The average molecular weight is 502 g/mol. The topological polar surface area (TPSA) is 92.3 Å². The van der Waals surface area contributed by atoms with E-state index in [0.29, 0.717) is 23.2 Å². The molecule has 0 saturated carbocycles. The number of hydrogen-bond acceptors (Lipinski definition) is 7. The van der Waals surface area contributed by atoms with E-state index in [9.17, 15) is 0 Å². The molecule has 4 aromatic heterocycles. The number of rotatable bonds is 5. The number of para-hydroxylation sites is 2. The Bertz CT molecular complexity index is 1780. The minimum Gasteiger partial charge on any atom is -0.485 e. The Hall–Kier alpha value is -5.05. The Morgan fingerprint density at radius 3 is 2.58 bits per heavy atom. The van der Waals surface area contributed by atoms with Gasteiger partial charge in [0.15, 0.2) is 11.5 Å². The summed E-state index contributed by atoms with van der Waals surface area (Å²) in [6.45, 7) is 4.24. The van der Waals surface area contributed by atoms with E-state index in [2.05, 4.69) is 21.1 Å². The van der Waals surface area contributed by atoms with Crippen LogP contribution in [0.5, 0.6) is 17.5 Å². The highest BCUT2D eigenvalue weighted by molar-refractivity contribution is 5.66. The van der Waals surface area contributed by atoms with E-state index in [-0.39, 0.29) is 12.5 Å². The summed E-state index contributed by atoms with van der Waals surface area (Å²) < 4.78 is 16.0. The highest BCUT2D eigenvalue weighted by Gasteiger charge is 2.38. The van der Waals surface area contributed by atoms with Gasteiger partial charge in [-0.3, -0.25) is 4.98 Å². The molecule has 7 rings (SSSR count). The number of pyridine rings is 1. The van der Waals surface area contributed by atoms with E-state index < -0.39 is 0 Å². The van der Waals surface area contributed by atoms with E-state index in [4.69, 9.17) is 19.6 Å². The van der Waals surface area contributed by atoms with Crippen molar-refractivity contribution in [3.8, 4) is 23.2 Å². The molecule has 6 aromatic rings. The van der Waals surface area contributed by atoms with Gasteiger partial charge in [0.2, 0.25) is 11.8 Å². The molecule has 0 fully saturated rings. The average Bonchev–Trinajstić information content (AvgIpc) is 3.53. The minimum atomic E-state index is -0.245. The van der Waals surface area contributed by atoms with Crippen molar-refractivity contribution in [1.29, 1.82) is 0 Å². The monoisotopic (exact) mass is 501 g/mol. The van der Waals surface area contributed by atoms with Gasteiger partial charge in [0, 0.05) is 12.4 Å². The van der Waals surface area contributed by atoms with Gasteiger partial charge < -0.3 is 9.47 Å². The van der Waals surface area contributed by atoms with Gasteiger partial charge in [0.05, 0.1) is 28.4 Å². The normalized spacial score (nSPS) is 14.1. The zero-order valence-corrected chi connectivity index (χ0v) is 20.8. The van der Waals surface area contributed by atoms with Crippen LogP contribution in [-0.4, -0.2) is 34.3 Å². The summed E-state index contributed by atoms with van der Waals surface area (Å²) in [7, 11) is 0. The van der Waals surface area contributed by atoms with Crippen molar-refractivity contribution in [3.05, 3.63) is 119 Å². The van der Waals surface area contributed by atoms with Crippen molar-refractivity contribution in [2.45, 2.75) is 26.4 Å². The second-order valence-electron chi connectivity index (χ2n) is 9.19. The van der Waals surface area contributed by atoms with Crippen LogP contribution in [0, 0.1) is 13.8 Å². The second-order valence-corrected chi connectivity index (χ2v) is 9.19. The maximum Gasteiger partial charge on any atom is 0.230 e. The summed E-state index contributed by atoms with van der Waals surface area (Å²) in [6.07, 6.45) is 5.26. The summed E-state index contributed by atoms with van der Waals surface area (Å²) >= 11 is 0. The molecule has 1 aliphatic heterocycles. The molecule has 186 valence electrons. The fourth-order valence-electron chi connectivity index (χ4n) is 4.97. The molecule has 0 aliphatic carbocycles. The van der Waals surface area contributed by atoms with E-state index in [1.54, 1.807) is 17.0 Å². The predicted molar refractivity (Wildman–Crippen MR) is 140 cm³/mol. The molecule has 0 unspecified atom stereocenters. The summed E-state index contributed by atoms with van der Waals surface area (Å²) in [4.78, 5) is 13.9. The van der Waals surface area contributed by atoms with E-state index >= 15 is 0 Å². The van der Waals surface area contributed by atoms with Crippen molar-refractivity contribution in [1.82, 2.24) is 34.3 Å². The molecule has 9 nitrogen and oxygen atoms in total. The van der Waals surface area contributed by atoms with Crippen LogP contribution in [0.4, 0.5) is 0 Å². The fraction of sp³-hybridized carbons (Fsp3) is 0.138. The number of nitrogens with zero attached hydrogens (tertiary/aromatic N) is 7. The minimum absolute atomic E-state index is 0.232. The molecule has 0 N–H and O–H groups in total. The third-order valence-corrected chi connectivity index (χ3v) is 6.73. The lowest BCUT2D eigenvalue weighted by Gasteiger charge is -2.26. The zero-order valence-electron chi connectivity index (χ0n) is 20.8. The van der Waals surface area contributed by atoms with Crippen LogP contribution in [0.1, 0.15) is 39.7 Å². The SMILES string of the molecule is Cc1ccccc1OCc1nc2c3c(ncn2n1)Oc1c(c(C)nn1-c1ccccc1)[C@H]3c1cccnc1. The standard InChI is InChI=1S/C29H23N7O2/c1-18-9-6-7-13-22(18)37-16-23-32-27-26-25(20-10-8-14-30-15-20)24-19(2)33-36(21-11-4-3-5-12-21)29(24)38-28(26)31-17-35(27)34-23/h3-15,17,25H,16H2,1-2H3/t25-/m1/s1. The first-order valence-corrected chi connectivity index (χ1v) is 12.3. The molecule has 2 aromatic carbocycles. The Balaban J connectivity index is 1.37. The van der Waals surface area contributed by atoms with Crippen LogP contribution in [0.25, 0.3) is 11.3 Å². The van der Waals surface area contributed by atoms with Crippen LogP contribution >= 0.6 is 0 Å². The third-order valence-electron chi connectivity index (χ3n) is 6.73. The number of fused-ring (bicyclic) bond motifs is 4. The number of aromatic nitrogens is 7. The number of ether oxygens (including phenoxy) is 2. The van der Waals surface area contributed by atoms with Gasteiger partial charge in [-0.05, 0) is 49.2 Å². The molecule has 1 atom stereocenters. The highest BCUT2D eigenvalue weighted by Crippen LogP contribution is 2.49. The highest BCUT2D eigenvalue weighted by atomic mass is 16.5. The van der Waals surface area contributed by atoms with Crippen LogP contribution in [0.3, 0.4) is 0 Å². The second kappa shape index (κ2) is 8.81. The molecule has 0 radical (unpaired) electrons. The summed E-state index contributed by atoms with van der Waals surface area (Å²) in [5.41, 5.74) is 6.23. The van der Waals surface area contributed by atoms with Crippen LogP contribution < -0.4 is 9.47 Å². The van der Waals surface area contributed by atoms with E-state index in [0.717, 1.165) is 39.4 Å². The van der Waals surface area contributed by atoms with Gasteiger partial charge in [-0.2, -0.15) is 5.10 Å². The maximum absolute atomic E-state index is 6.45. The van der Waals surface area contributed by atoms with E-state index in [1.165, 1.54) is 0 Å². The van der Waals surface area contributed by atoms with Crippen molar-refractivity contribution >= 4 is 5.65 Å². The summed E-state index contributed by atoms with van der Waals surface area (Å²) in [6, 6.07) is 21.8. The van der Waals surface area contributed by atoms with Crippen molar-refractivity contribution < 1.29 is 9.47 Å². The molecule has 0 saturated heterocycles. The first kappa shape index (κ1) is 22.2. The molecular weight excluding hydrogens is 478 g/mol. The largest absolute Gasteiger partial charge is 0.485 e. The Kier molecular flexibility index (Phi) is 5.14. The Morgan fingerprint density at radius 1 is 0.921 bits per heavy atom. The van der Waals surface area contributed by atoms with Crippen LogP contribution in [0.15, 0.2) is 85.5 Å². The van der Waals surface area contributed by atoms with Gasteiger partial charge in [0.1, 0.15) is 18.7 Å².